The molecule has 0 saturated carbocycles. The molecule has 0 spiro atoms. The van der Waals surface area contributed by atoms with Gasteiger partial charge in [-0.3, -0.25) is 0 Å². The molecule has 0 saturated heterocycles. The van der Waals surface area contributed by atoms with E-state index >= 15 is 0 Å². The van der Waals surface area contributed by atoms with Crippen molar-refractivity contribution >= 4 is 22.3 Å². The van der Waals surface area contributed by atoms with Crippen LogP contribution in [0.1, 0.15) is 0 Å². The number of hydrogen-bond donors (Lipinski definition) is 0. The number of halogens is 3. The van der Waals surface area contributed by atoms with Gasteiger partial charge in [-0.2, -0.15) is 0 Å². The van der Waals surface area contributed by atoms with Gasteiger partial charge in [0.05, 0.1) is 0 Å². The van der Waals surface area contributed by atoms with Crippen LogP contribution in [-0.2, 0) is 9.84 Å². The van der Waals surface area contributed by atoms with Crippen LogP contribution >= 0.6 is 0 Å². The van der Waals surface area contributed by atoms with E-state index in [4.69, 9.17) is 0 Å². The highest BCUT2D eigenvalue weighted by Gasteiger charge is 2.30. The minimum absolute atomic E-state index is 0.660. The van der Waals surface area contributed by atoms with E-state index in [1.54, 1.807) is 0 Å². The fraction of sp³-hybridized carbons (Fsp3) is 0.143. The lowest BCUT2D eigenvalue weighted by Gasteiger charge is -2.17. The van der Waals surface area contributed by atoms with Crippen molar-refractivity contribution in [3.63, 3.8) is 0 Å². The highest BCUT2D eigenvalue weighted by molar-refractivity contribution is 7.91. The summed E-state index contributed by atoms with van der Waals surface area (Å²) in [5.41, 5.74) is -1.06. The van der Waals surface area contributed by atoms with E-state index < -0.39 is 27.2 Å². The molecule has 0 aliphatic heterocycles. The van der Waals surface area contributed by atoms with Gasteiger partial charge in [0.2, 0.25) is 0 Å². The SMILES string of the molecule is CS(=O)(=O)c1ccccc1[B-](F)(F)F. The van der Waals surface area contributed by atoms with Gasteiger partial charge in [-0.05, 0) is 6.07 Å². The number of hydrogen-bond acceptors (Lipinski definition) is 2. The molecule has 1 rings (SSSR count). The van der Waals surface area contributed by atoms with Crippen molar-refractivity contribution in [1.82, 2.24) is 0 Å². The molecule has 0 heterocycles. The highest BCUT2D eigenvalue weighted by Crippen LogP contribution is 2.15. The minimum Gasteiger partial charge on any atom is -0.445 e. The molecular weight excluding hydrogens is 216 g/mol. The van der Waals surface area contributed by atoms with E-state index in [0.717, 1.165) is 18.4 Å². The first-order valence-electron chi connectivity index (χ1n) is 3.72. The van der Waals surface area contributed by atoms with Crippen molar-refractivity contribution in [2.75, 3.05) is 6.26 Å². The summed E-state index contributed by atoms with van der Waals surface area (Å²) in [7, 11) is -3.82. The number of rotatable bonds is 2. The van der Waals surface area contributed by atoms with Gasteiger partial charge >= 0.3 is 6.98 Å². The summed E-state index contributed by atoms with van der Waals surface area (Å²) in [5, 5.41) is 0. The van der Waals surface area contributed by atoms with Gasteiger partial charge < -0.3 is 12.9 Å². The van der Waals surface area contributed by atoms with Crippen LogP contribution in [-0.4, -0.2) is 21.7 Å². The lowest BCUT2D eigenvalue weighted by Crippen LogP contribution is -2.37. The summed E-state index contributed by atoms with van der Waals surface area (Å²) in [4.78, 5) is -0.660. The molecule has 7 heteroatoms. The summed E-state index contributed by atoms with van der Waals surface area (Å²) in [6, 6.07) is 4.16. The Kier molecular flexibility index (Phi) is 2.62. The zero-order valence-electron chi connectivity index (χ0n) is 7.25. The molecule has 14 heavy (non-hydrogen) atoms. The average Bonchev–Trinajstić information content (AvgIpc) is 2.01. The van der Waals surface area contributed by atoms with Gasteiger partial charge in [0.1, 0.15) is 0 Å². The maximum absolute atomic E-state index is 12.4. The molecule has 0 amide bonds. The molecule has 0 aliphatic carbocycles. The first kappa shape index (κ1) is 11.1. The van der Waals surface area contributed by atoms with Crippen molar-refractivity contribution < 1.29 is 21.4 Å². The summed E-state index contributed by atoms with van der Waals surface area (Å²) < 4.78 is 59.2. The fourth-order valence-electron chi connectivity index (χ4n) is 1.09. The monoisotopic (exact) mass is 223 g/mol. The first-order valence-corrected chi connectivity index (χ1v) is 5.61. The third kappa shape index (κ3) is 2.28. The molecule has 0 radical (unpaired) electrons. The second-order valence-electron chi connectivity index (χ2n) is 2.88. The van der Waals surface area contributed by atoms with Crippen LogP contribution in [0.4, 0.5) is 12.9 Å². The maximum atomic E-state index is 12.4. The molecule has 0 aromatic heterocycles. The highest BCUT2D eigenvalue weighted by atomic mass is 32.2. The second-order valence-corrected chi connectivity index (χ2v) is 4.87. The Morgan fingerprint density at radius 3 is 2.00 bits per heavy atom. The van der Waals surface area contributed by atoms with Crippen molar-refractivity contribution in [2.45, 2.75) is 4.90 Å². The third-order valence-corrected chi connectivity index (χ3v) is 2.84. The summed E-state index contributed by atoms with van der Waals surface area (Å²) >= 11 is 0. The lowest BCUT2D eigenvalue weighted by molar-refractivity contribution is 0.498. The van der Waals surface area contributed by atoms with Crippen LogP contribution in [0.5, 0.6) is 0 Å². The maximum Gasteiger partial charge on any atom is 0.510 e. The smallest absolute Gasteiger partial charge is 0.445 e. The van der Waals surface area contributed by atoms with E-state index in [9.17, 15) is 21.4 Å². The van der Waals surface area contributed by atoms with Crippen LogP contribution in [0.15, 0.2) is 29.2 Å². The average molecular weight is 223 g/mol. The Balaban J connectivity index is 3.47. The third-order valence-electron chi connectivity index (χ3n) is 1.67. The topological polar surface area (TPSA) is 34.1 Å². The van der Waals surface area contributed by atoms with E-state index in [1.165, 1.54) is 12.1 Å². The van der Waals surface area contributed by atoms with Crippen LogP contribution in [0, 0.1) is 0 Å². The quantitative estimate of drug-likeness (QED) is 0.704. The van der Waals surface area contributed by atoms with Gasteiger partial charge in [0.25, 0.3) is 0 Å². The minimum atomic E-state index is -5.28. The van der Waals surface area contributed by atoms with Gasteiger partial charge in [-0.15, -0.1) is 0 Å². The Bertz CT molecular complexity index is 438. The van der Waals surface area contributed by atoms with Crippen molar-refractivity contribution in [2.24, 2.45) is 0 Å². The Morgan fingerprint density at radius 2 is 1.64 bits per heavy atom. The summed E-state index contributed by atoms with van der Waals surface area (Å²) in [5.74, 6) is 0. The molecule has 0 fully saturated rings. The standard InChI is InChI=1S/C7H7BF3O2S/c1-14(12,13)7-5-3-2-4-6(7)8(9,10)11/h2-5H,1H3/q-1. The van der Waals surface area contributed by atoms with Crippen molar-refractivity contribution in [3.8, 4) is 0 Å². The van der Waals surface area contributed by atoms with Gasteiger partial charge in [-0.1, -0.05) is 23.7 Å². The lowest BCUT2D eigenvalue weighted by atomic mass is 9.80. The molecule has 78 valence electrons. The predicted octanol–water partition coefficient (Wildman–Crippen LogP) is 1.14. The molecule has 0 N–H and O–H groups in total. The van der Waals surface area contributed by atoms with E-state index in [2.05, 4.69) is 0 Å². The first-order chi connectivity index (χ1) is 6.23. The summed E-state index contributed by atoms with van der Waals surface area (Å²) in [6.45, 7) is -5.28. The molecule has 2 nitrogen and oxygen atoms in total. The largest absolute Gasteiger partial charge is 0.510 e. The molecule has 0 aliphatic rings. The van der Waals surface area contributed by atoms with Gasteiger partial charge in [0.15, 0.2) is 9.84 Å². The molecule has 0 bridgehead atoms. The Labute approximate surface area is 79.7 Å². The zero-order valence-corrected chi connectivity index (χ0v) is 8.06. The van der Waals surface area contributed by atoms with E-state index in [-0.39, 0.29) is 0 Å². The summed E-state index contributed by atoms with van der Waals surface area (Å²) in [6.07, 6.45) is 0.758. The molecule has 1 aromatic rings. The number of sulfone groups is 1. The molecule has 1 aromatic carbocycles. The van der Waals surface area contributed by atoms with Crippen LogP contribution in [0.3, 0.4) is 0 Å². The Hall–Kier alpha value is -0.975. The predicted molar refractivity (Wildman–Crippen MR) is 48.3 cm³/mol. The second kappa shape index (κ2) is 3.31. The van der Waals surface area contributed by atoms with Crippen LogP contribution in [0.2, 0.25) is 0 Å². The van der Waals surface area contributed by atoms with Crippen LogP contribution < -0.4 is 5.46 Å². The van der Waals surface area contributed by atoms with Gasteiger partial charge in [0, 0.05) is 11.2 Å². The fourth-order valence-corrected chi connectivity index (χ4v) is 2.04. The van der Waals surface area contributed by atoms with Crippen LogP contribution in [0.25, 0.3) is 0 Å². The van der Waals surface area contributed by atoms with Crippen molar-refractivity contribution in [3.05, 3.63) is 24.3 Å². The Morgan fingerprint density at radius 1 is 1.14 bits per heavy atom. The van der Waals surface area contributed by atoms with E-state index in [0.29, 0.717) is 0 Å². The normalized spacial score (nSPS) is 12.9. The zero-order chi connectivity index (χ0) is 11.0. The number of benzene rings is 1. The van der Waals surface area contributed by atoms with Gasteiger partial charge in [-0.25, -0.2) is 8.42 Å². The van der Waals surface area contributed by atoms with E-state index in [1.807, 2.05) is 0 Å². The molecule has 0 unspecified atom stereocenters. The molecular formula is C7H7BF3O2S-. The van der Waals surface area contributed by atoms with Crippen molar-refractivity contribution in [1.29, 1.82) is 0 Å². The molecule has 0 atom stereocenters.